The molecule has 0 unspecified atom stereocenters. The summed E-state index contributed by atoms with van der Waals surface area (Å²) >= 11 is 0. The van der Waals surface area contributed by atoms with Gasteiger partial charge in [-0.05, 0) is 51.2 Å². The fourth-order valence-electron chi connectivity index (χ4n) is 2.58. The van der Waals surface area contributed by atoms with Crippen LogP contribution in [0, 0.1) is 0 Å². The standard InChI is InChI=1S/C18H26N2O5/c1-19(2)9-10-20(12-17(21)22)18(23)14-5-7-15(8-6-14)25-13-16-4-3-11-24-16/h5-8,16H,3-4,9-13H2,1-2H3,(H,21,22)/t16-/m1/s1. The van der Waals surface area contributed by atoms with Gasteiger partial charge in [0.1, 0.15) is 18.9 Å². The lowest BCUT2D eigenvalue weighted by molar-refractivity contribution is -0.137. The fourth-order valence-corrected chi connectivity index (χ4v) is 2.58. The number of likely N-dealkylation sites (N-methyl/N-ethyl adjacent to an activating group) is 1. The molecule has 7 heteroatoms. The highest BCUT2D eigenvalue weighted by molar-refractivity contribution is 5.95. The molecule has 0 aromatic heterocycles. The second-order valence-corrected chi connectivity index (χ2v) is 6.39. The predicted octanol–water partition coefficient (Wildman–Crippen LogP) is 1.33. The van der Waals surface area contributed by atoms with E-state index in [4.69, 9.17) is 14.6 Å². The van der Waals surface area contributed by atoms with Gasteiger partial charge >= 0.3 is 5.97 Å². The van der Waals surface area contributed by atoms with Crippen LogP contribution >= 0.6 is 0 Å². The third kappa shape index (κ3) is 6.36. The van der Waals surface area contributed by atoms with Crippen LogP contribution in [0.5, 0.6) is 5.75 Å². The van der Waals surface area contributed by atoms with Crippen LogP contribution in [0.15, 0.2) is 24.3 Å². The number of aliphatic carboxylic acids is 1. The zero-order valence-electron chi connectivity index (χ0n) is 14.8. The van der Waals surface area contributed by atoms with E-state index >= 15 is 0 Å². The number of benzene rings is 1. The lowest BCUT2D eigenvalue weighted by Gasteiger charge is -2.22. The van der Waals surface area contributed by atoms with Gasteiger partial charge in [-0.2, -0.15) is 0 Å². The summed E-state index contributed by atoms with van der Waals surface area (Å²) in [6.45, 7) is 1.93. The van der Waals surface area contributed by atoms with Crippen molar-refractivity contribution in [3.05, 3.63) is 29.8 Å². The van der Waals surface area contributed by atoms with Crippen molar-refractivity contribution in [3.63, 3.8) is 0 Å². The van der Waals surface area contributed by atoms with Crippen molar-refractivity contribution in [3.8, 4) is 5.75 Å². The molecule has 2 rings (SSSR count). The predicted molar refractivity (Wildman–Crippen MR) is 93.0 cm³/mol. The summed E-state index contributed by atoms with van der Waals surface area (Å²) in [6.07, 6.45) is 2.21. The summed E-state index contributed by atoms with van der Waals surface area (Å²) in [5, 5.41) is 9.02. The van der Waals surface area contributed by atoms with E-state index in [0.29, 0.717) is 31.0 Å². The van der Waals surface area contributed by atoms with Crippen LogP contribution in [-0.4, -0.2) is 79.8 Å². The van der Waals surface area contributed by atoms with Crippen LogP contribution in [0.25, 0.3) is 0 Å². The lowest BCUT2D eigenvalue weighted by atomic mass is 10.2. The van der Waals surface area contributed by atoms with Gasteiger partial charge in [0.25, 0.3) is 5.91 Å². The van der Waals surface area contributed by atoms with Crippen LogP contribution in [0.1, 0.15) is 23.2 Å². The summed E-state index contributed by atoms with van der Waals surface area (Å²) in [5.74, 6) is -0.649. The molecule has 1 atom stereocenters. The van der Waals surface area contributed by atoms with E-state index in [1.165, 1.54) is 4.90 Å². The van der Waals surface area contributed by atoms with Crippen molar-refractivity contribution < 1.29 is 24.2 Å². The van der Waals surface area contributed by atoms with Crippen LogP contribution in [-0.2, 0) is 9.53 Å². The molecule has 1 aromatic carbocycles. The minimum Gasteiger partial charge on any atom is -0.491 e. The minimum atomic E-state index is -1.02. The molecule has 0 bridgehead atoms. The van der Waals surface area contributed by atoms with Gasteiger partial charge < -0.3 is 24.4 Å². The summed E-state index contributed by atoms with van der Waals surface area (Å²) in [7, 11) is 3.76. The van der Waals surface area contributed by atoms with Gasteiger partial charge in [-0.3, -0.25) is 9.59 Å². The van der Waals surface area contributed by atoms with Gasteiger partial charge in [-0.15, -0.1) is 0 Å². The van der Waals surface area contributed by atoms with Crippen molar-refractivity contribution in [1.29, 1.82) is 0 Å². The van der Waals surface area contributed by atoms with Gasteiger partial charge in [0.2, 0.25) is 0 Å². The number of amides is 1. The van der Waals surface area contributed by atoms with E-state index in [-0.39, 0.29) is 18.6 Å². The van der Waals surface area contributed by atoms with E-state index in [1.54, 1.807) is 24.3 Å². The van der Waals surface area contributed by atoms with E-state index in [0.717, 1.165) is 19.4 Å². The number of carboxylic acids is 1. The van der Waals surface area contributed by atoms with Crippen LogP contribution in [0.3, 0.4) is 0 Å². The Morgan fingerprint density at radius 1 is 1.24 bits per heavy atom. The highest BCUT2D eigenvalue weighted by Gasteiger charge is 2.19. The van der Waals surface area contributed by atoms with Crippen LogP contribution in [0.4, 0.5) is 0 Å². The molecule has 1 amide bonds. The molecule has 1 aliphatic rings. The molecule has 1 N–H and O–H groups in total. The van der Waals surface area contributed by atoms with Crippen LogP contribution in [0.2, 0.25) is 0 Å². The SMILES string of the molecule is CN(C)CCN(CC(=O)O)C(=O)c1ccc(OC[C@H]2CCCO2)cc1. The first-order chi connectivity index (χ1) is 12.0. The number of nitrogens with zero attached hydrogens (tertiary/aromatic N) is 2. The van der Waals surface area contributed by atoms with Gasteiger partial charge in [0.05, 0.1) is 6.10 Å². The zero-order valence-corrected chi connectivity index (χ0v) is 14.8. The average molecular weight is 350 g/mol. The first-order valence-corrected chi connectivity index (χ1v) is 8.46. The number of rotatable bonds is 9. The average Bonchev–Trinajstić information content (AvgIpc) is 3.09. The van der Waals surface area contributed by atoms with E-state index in [2.05, 4.69) is 0 Å². The number of carbonyl (C=O) groups excluding carboxylic acids is 1. The molecule has 1 heterocycles. The van der Waals surface area contributed by atoms with Crippen molar-refractivity contribution in [2.75, 3.05) is 46.9 Å². The Hall–Kier alpha value is -2.12. The van der Waals surface area contributed by atoms with E-state index in [9.17, 15) is 9.59 Å². The smallest absolute Gasteiger partial charge is 0.323 e. The minimum absolute atomic E-state index is 0.137. The Morgan fingerprint density at radius 3 is 2.52 bits per heavy atom. The van der Waals surface area contributed by atoms with Gasteiger partial charge in [0, 0.05) is 25.3 Å². The highest BCUT2D eigenvalue weighted by Crippen LogP contribution is 2.17. The summed E-state index contributed by atoms with van der Waals surface area (Å²) in [6, 6.07) is 6.79. The van der Waals surface area contributed by atoms with E-state index in [1.807, 2.05) is 19.0 Å². The third-order valence-electron chi connectivity index (χ3n) is 3.99. The van der Waals surface area contributed by atoms with Gasteiger partial charge in [0.15, 0.2) is 0 Å². The first kappa shape index (κ1) is 19.2. The zero-order chi connectivity index (χ0) is 18.2. The molecular weight excluding hydrogens is 324 g/mol. The normalized spacial score (nSPS) is 16.8. The molecular formula is C18H26N2O5. The Bertz CT molecular complexity index is 567. The first-order valence-electron chi connectivity index (χ1n) is 8.46. The number of ether oxygens (including phenoxy) is 2. The molecule has 0 spiro atoms. The van der Waals surface area contributed by atoms with Crippen molar-refractivity contribution in [2.24, 2.45) is 0 Å². The molecule has 7 nitrogen and oxygen atoms in total. The maximum Gasteiger partial charge on any atom is 0.323 e. The number of hydrogen-bond donors (Lipinski definition) is 1. The molecule has 0 radical (unpaired) electrons. The third-order valence-corrected chi connectivity index (χ3v) is 3.99. The number of carbonyl (C=O) groups is 2. The van der Waals surface area contributed by atoms with Crippen LogP contribution < -0.4 is 4.74 Å². The fraction of sp³-hybridized carbons (Fsp3) is 0.556. The highest BCUT2D eigenvalue weighted by atomic mass is 16.5. The van der Waals surface area contributed by atoms with Gasteiger partial charge in [-0.1, -0.05) is 0 Å². The molecule has 1 saturated heterocycles. The quantitative estimate of drug-likeness (QED) is 0.724. The van der Waals surface area contributed by atoms with Crippen molar-refractivity contribution in [1.82, 2.24) is 9.80 Å². The summed E-state index contributed by atoms with van der Waals surface area (Å²) < 4.78 is 11.2. The Balaban J connectivity index is 1.94. The molecule has 1 fully saturated rings. The van der Waals surface area contributed by atoms with Crippen molar-refractivity contribution in [2.45, 2.75) is 18.9 Å². The second kappa shape index (κ2) is 9.39. The summed E-state index contributed by atoms with van der Waals surface area (Å²) in [4.78, 5) is 26.8. The molecule has 0 saturated carbocycles. The molecule has 0 aliphatic carbocycles. The maximum absolute atomic E-state index is 12.6. The summed E-state index contributed by atoms with van der Waals surface area (Å²) in [5.41, 5.74) is 0.449. The molecule has 1 aromatic rings. The number of hydrogen-bond acceptors (Lipinski definition) is 5. The van der Waals surface area contributed by atoms with Crippen molar-refractivity contribution >= 4 is 11.9 Å². The molecule has 138 valence electrons. The maximum atomic E-state index is 12.6. The van der Waals surface area contributed by atoms with Gasteiger partial charge in [-0.25, -0.2) is 0 Å². The monoisotopic (exact) mass is 350 g/mol. The Labute approximate surface area is 148 Å². The molecule has 1 aliphatic heterocycles. The lowest BCUT2D eigenvalue weighted by Crippen LogP contribution is -2.40. The Morgan fingerprint density at radius 2 is 1.96 bits per heavy atom. The Kier molecular flexibility index (Phi) is 7.21. The topological polar surface area (TPSA) is 79.3 Å². The van der Waals surface area contributed by atoms with E-state index < -0.39 is 5.97 Å². The molecule has 25 heavy (non-hydrogen) atoms. The number of carboxylic acid groups (broad SMARTS) is 1. The largest absolute Gasteiger partial charge is 0.491 e. The second-order valence-electron chi connectivity index (χ2n) is 6.39.